The monoisotopic (exact) mass is 299 g/mol. The standard InChI is InChI=1S/C12H25N3O.2ClH/c1-10(13)12(16)15(3)9-7-11-6-4-5-8-14(11)2;;/h10-11H,4-9,13H2,1-3H3;2*1H. The summed E-state index contributed by atoms with van der Waals surface area (Å²) < 4.78 is 0. The van der Waals surface area contributed by atoms with Crippen LogP contribution in [0.3, 0.4) is 0 Å². The lowest BCUT2D eigenvalue weighted by atomic mass is 10.00. The van der Waals surface area contributed by atoms with Gasteiger partial charge in [-0.1, -0.05) is 6.42 Å². The van der Waals surface area contributed by atoms with E-state index in [9.17, 15) is 4.79 Å². The van der Waals surface area contributed by atoms with E-state index in [-0.39, 0.29) is 36.8 Å². The van der Waals surface area contributed by atoms with Crippen molar-refractivity contribution in [3.63, 3.8) is 0 Å². The summed E-state index contributed by atoms with van der Waals surface area (Å²) in [5.74, 6) is 0.0402. The van der Waals surface area contributed by atoms with Gasteiger partial charge in [-0.25, -0.2) is 0 Å². The van der Waals surface area contributed by atoms with E-state index in [2.05, 4.69) is 11.9 Å². The molecule has 4 nitrogen and oxygen atoms in total. The second kappa shape index (κ2) is 9.84. The van der Waals surface area contributed by atoms with Crippen LogP contribution in [0, 0.1) is 0 Å². The number of nitrogens with two attached hydrogens (primary N) is 1. The molecule has 1 aliphatic rings. The van der Waals surface area contributed by atoms with Gasteiger partial charge in [0.05, 0.1) is 6.04 Å². The predicted octanol–water partition coefficient (Wildman–Crippen LogP) is 1.51. The molecular formula is C12H27Cl2N3O. The van der Waals surface area contributed by atoms with Gasteiger partial charge in [0.2, 0.25) is 5.91 Å². The minimum Gasteiger partial charge on any atom is -0.344 e. The summed E-state index contributed by atoms with van der Waals surface area (Å²) in [6.45, 7) is 3.75. The summed E-state index contributed by atoms with van der Waals surface area (Å²) in [5, 5.41) is 0. The molecule has 0 spiro atoms. The van der Waals surface area contributed by atoms with Crippen LogP contribution in [0.1, 0.15) is 32.6 Å². The highest BCUT2D eigenvalue weighted by molar-refractivity contribution is 5.85. The van der Waals surface area contributed by atoms with Crippen LogP contribution in [-0.4, -0.2) is 55.0 Å². The maximum Gasteiger partial charge on any atom is 0.238 e. The Kier molecular flexibility index (Phi) is 11.1. The van der Waals surface area contributed by atoms with Crippen LogP contribution in [0.5, 0.6) is 0 Å². The first-order chi connectivity index (χ1) is 7.52. The number of hydrogen-bond acceptors (Lipinski definition) is 3. The third-order valence-electron chi connectivity index (χ3n) is 3.48. The number of carbonyl (C=O) groups is 1. The molecule has 18 heavy (non-hydrogen) atoms. The predicted molar refractivity (Wildman–Crippen MR) is 80.7 cm³/mol. The lowest BCUT2D eigenvalue weighted by Crippen LogP contribution is -2.43. The molecule has 1 fully saturated rings. The van der Waals surface area contributed by atoms with Gasteiger partial charge in [0.25, 0.3) is 0 Å². The average Bonchev–Trinajstić information content (AvgIpc) is 2.26. The van der Waals surface area contributed by atoms with E-state index in [1.165, 1.54) is 25.8 Å². The van der Waals surface area contributed by atoms with Gasteiger partial charge in [-0.15, -0.1) is 24.8 Å². The van der Waals surface area contributed by atoms with E-state index >= 15 is 0 Å². The number of nitrogens with zero attached hydrogens (tertiary/aromatic N) is 2. The minimum absolute atomic E-state index is 0. The van der Waals surface area contributed by atoms with Crippen LogP contribution < -0.4 is 5.73 Å². The van der Waals surface area contributed by atoms with Crippen molar-refractivity contribution < 1.29 is 4.79 Å². The maximum absolute atomic E-state index is 11.6. The molecule has 0 aromatic rings. The lowest BCUT2D eigenvalue weighted by molar-refractivity contribution is -0.131. The summed E-state index contributed by atoms with van der Waals surface area (Å²) in [6.07, 6.45) is 4.95. The molecule has 1 aliphatic heterocycles. The lowest BCUT2D eigenvalue weighted by Gasteiger charge is -2.33. The van der Waals surface area contributed by atoms with E-state index in [4.69, 9.17) is 5.73 Å². The first-order valence-electron chi connectivity index (χ1n) is 6.23. The van der Waals surface area contributed by atoms with Gasteiger partial charge in [-0.3, -0.25) is 4.79 Å². The Morgan fingerprint density at radius 2 is 2.06 bits per heavy atom. The Balaban J connectivity index is 0. The zero-order chi connectivity index (χ0) is 12.1. The van der Waals surface area contributed by atoms with Crippen molar-refractivity contribution in [3.05, 3.63) is 0 Å². The van der Waals surface area contributed by atoms with Gasteiger partial charge in [-0.05, 0) is 39.8 Å². The van der Waals surface area contributed by atoms with Gasteiger partial charge in [0.15, 0.2) is 0 Å². The first-order valence-corrected chi connectivity index (χ1v) is 6.23. The normalized spacial score (nSPS) is 21.4. The summed E-state index contributed by atoms with van der Waals surface area (Å²) in [6, 6.07) is 0.256. The zero-order valence-corrected chi connectivity index (χ0v) is 13.2. The van der Waals surface area contributed by atoms with Gasteiger partial charge < -0.3 is 15.5 Å². The molecule has 0 saturated carbocycles. The fourth-order valence-corrected chi connectivity index (χ4v) is 2.31. The van der Waals surface area contributed by atoms with E-state index < -0.39 is 0 Å². The molecule has 0 aromatic heterocycles. The van der Waals surface area contributed by atoms with E-state index in [1.807, 2.05) is 7.05 Å². The van der Waals surface area contributed by atoms with E-state index in [0.717, 1.165) is 13.0 Å². The minimum atomic E-state index is -0.380. The highest BCUT2D eigenvalue weighted by atomic mass is 35.5. The maximum atomic E-state index is 11.6. The van der Waals surface area contributed by atoms with Crippen molar-refractivity contribution in [1.29, 1.82) is 0 Å². The Labute approximate surface area is 123 Å². The third-order valence-corrected chi connectivity index (χ3v) is 3.48. The number of halogens is 2. The van der Waals surface area contributed by atoms with Crippen LogP contribution in [0.4, 0.5) is 0 Å². The molecule has 2 atom stereocenters. The highest BCUT2D eigenvalue weighted by Gasteiger charge is 2.20. The van der Waals surface area contributed by atoms with Crippen molar-refractivity contribution in [2.45, 2.75) is 44.7 Å². The van der Waals surface area contributed by atoms with E-state index in [0.29, 0.717) is 6.04 Å². The molecule has 110 valence electrons. The quantitative estimate of drug-likeness (QED) is 0.856. The van der Waals surface area contributed by atoms with Gasteiger partial charge in [-0.2, -0.15) is 0 Å². The van der Waals surface area contributed by atoms with E-state index in [1.54, 1.807) is 11.8 Å². The number of carbonyl (C=O) groups excluding carboxylic acids is 1. The number of amides is 1. The number of likely N-dealkylation sites (tertiary alicyclic amines) is 1. The van der Waals surface area contributed by atoms with Crippen LogP contribution in [0.15, 0.2) is 0 Å². The molecular weight excluding hydrogens is 273 g/mol. The number of hydrogen-bond donors (Lipinski definition) is 1. The fourth-order valence-electron chi connectivity index (χ4n) is 2.31. The van der Waals surface area contributed by atoms with Gasteiger partial charge >= 0.3 is 0 Å². The van der Waals surface area contributed by atoms with Crippen molar-refractivity contribution >= 4 is 30.7 Å². The Bertz CT molecular complexity index is 239. The smallest absolute Gasteiger partial charge is 0.238 e. The summed E-state index contributed by atoms with van der Waals surface area (Å²) in [5.41, 5.74) is 5.57. The zero-order valence-electron chi connectivity index (χ0n) is 11.6. The van der Waals surface area contributed by atoms with Crippen LogP contribution in [0.25, 0.3) is 0 Å². The summed E-state index contributed by atoms with van der Waals surface area (Å²) in [7, 11) is 4.02. The molecule has 0 aromatic carbocycles. The second-order valence-corrected chi connectivity index (χ2v) is 4.97. The molecule has 1 amide bonds. The fraction of sp³-hybridized carbons (Fsp3) is 0.917. The number of piperidine rings is 1. The molecule has 1 saturated heterocycles. The Morgan fingerprint density at radius 1 is 1.44 bits per heavy atom. The highest BCUT2D eigenvalue weighted by Crippen LogP contribution is 2.17. The summed E-state index contributed by atoms with van der Waals surface area (Å²) >= 11 is 0. The summed E-state index contributed by atoms with van der Waals surface area (Å²) in [4.78, 5) is 15.8. The molecule has 1 rings (SSSR count). The molecule has 2 unspecified atom stereocenters. The van der Waals surface area contributed by atoms with Gasteiger partial charge in [0.1, 0.15) is 0 Å². The average molecular weight is 300 g/mol. The SMILES string of the molecule is CC(N)C(=O)N(C)CCC1CCCCN1C.Cl.Cl. The van der Waals surface area contributed by atoms with Crippen molar-refractivity contribution in [1.82, 2.24) is 9.80 Å². The number of likely N-dealkylation sites (N-methyl/N-ethyl adjacent to an activating group) is 1. The van der Waals surface area contributed by atoms with Crippen molar-refractivity contribution in [2.75, 3.05) is 27.2 Å². The molecule has 2 N–H and O–H groups in total. The largest absolute Gasteiger partial charge is 0.344 e. The second-order valence-electron chi connectivity index (χ2n) is 4.97. The van der Waals surface area contributed by atoms with Crippen molar-refractivity contribution in [3.8, 4) is 0 Å². The molecule has 6 heteroatoms. The van der Waals surface area contributed by atoms with Crippen molar-refractivity contribution in [2.24, 2.45) is 5.73 Å². The molecule has 0 aliphatic carbocycles. The Hall–Kier alpha value is -0.0300. The number of rotatable bonds is 4. The van der Waals surface area contributed by atoms with Crippen LogP contribution in [-0.2, 0) is 4.79 Å². The topological polar surface area (TPSA) is 49.6 Å². The molecule has 0 bridgehead atoms. The molecule has 0 radical (unpaired) electrons. The van der Waals surface area contributed by atoms with Gasteiger partial charge in [0, 0.05) is 19.6 Å². The first kappa shape index (κ1) is 20.3. The van der Waals surface area contributed by atoms with Crippen LogP contribution >= 0.6 is 24.8 Å². The third kappa shape index (κ3) is 6.23. The van der Waals surface area contributed by atoms with Crippen LogP contribution in [0.2, 0.25) is 0 Å². The molecule has 1 heterocycles. The Morgan fingerprint density at radius 3 is 2.56 bits per heavy atom.